The van der Waals surface area contributed by atoms with Crippen molar-refractivity contribution < 1.29 is 4.79 Å². The van der Waals surface area contributed by atoms with Crippen LogP contribution in [0.25, 0.3) is 21.0 Å². The van der Waals surface area contributed by atoms with Crippen molar-refractivity contribution in [3.63, 3.8) is 0 Å². The molecule has 4 aromatic rings. The molecule has 1 N–H and O–H groups in total. The van der Waals surface area contributed by atoms with Gasteiger partial charge in [0.15, 0.2) is 4.34 Å². The number of carbonyl (C=O) groups is 1. The molecular formula is C23H20N4OS3. The monoisotopic (exact) mass is 464 g/mol. The van der Waals surface area contributed by atoms with E-state index < -0.39 is 0 Å². The lowest BCUT2D eigenvalue weighted by Gasteiger charge is -2.03. The number of anilines is 1. The van der Waals surface area contributed by atoms with Crippen molar-refractivity contribution in [1.82, 2.24) is 15.2 Å². The second-order valence-corrected chi connectivity index (χ2v) is 9.97. The number of amides is 1. The number of thioether (sulfide) groups is 1. The van der Waals surface area contributed by atoms with Gasteiger partial charge in [0.25, 0.3) is 0 Å². The molecule has 5 nitrogen and oxygen atoms in total. The largest absolute Gasteiger partial charge is 0.300 e. The van der Waals surface area contributed by atoms with E-state index in [2.05, 4.69) is 53.3 Å². The normalized spacial score (nSPS) is 10.7. The number of hydrogen-bond donors (Lipinski definition) is 1. The van der Waals surface area contributed by atoms with Crippen LogP contribution >= 0.6 is 34.4 Å². The fraction of sp³-hybridized carbons (Fsp3) is 0.130. The summed E-state index contributed by atoms with van der Waals surface area (Å²) in [7, 11) is 0. The van der Waals surface area contributed by atoms with Gasteiger partial charge in [0.2, 0.25) is 11.0 Å². The maximum atomic E-state index is 12.8. The van der Waals surface area contributed by atoms with Crippen LogP contribution in [0, 0.1) is 6.92 Å². The number of nitrogens with one attached hydrogen (secondary N) is 1. The number of carbonyl (C=O) groups excluding carboxylic acids is 1. The lowest BCUT2D eigenvalue weighted by atomic mass is 10.1. The van der Waals surface area contributed by atoms with Crippen LogP contribution in [0.3, 0.4) is 0 Å². The van der Waals surface area contributed by atoms with Crippen molar-refractivity contribution in [2.75, 3.05) is 11.1 Å². The highest BCUT2D eigenvalue weighted by molar-refractivity contribution is 8.01. The summed E-state index contributed by atoms with van der Waals surface area (Å²) in [6, 6.07) is 18.3. The lowest BCUT2D eigenvalue weighted by molar-refractivity contribution is -0.115. The summed E-state index contributed by atoms with van der Waals surface area (Å²) in [6.45, 7) is 5.76. The Labute approximate surface area is 193 Å². The maximum absolute atomic E-state index is 12.8. The van der Waals surface area contributed by atoms with Crippen LogP contribution in [0.4, 0.5) is 5.13 Å². The first kappa shape index (κ1) is 21.4. The van der Waals surface area contributed by atoms with Gasteiger partial charge < -0.3 is 5.32 Å². The van der Waals surface area contributed by atoms with Gasteiger partial charge in [-0.2, -0.15) is 0 Å². The standard InChI is InChI=1S/C23H20N4OS3/c1-3-13-29-23-27-26-22(31-23)25-19(28)14-18-20(16-11-9-15(2)10-12-16)30-21(24-18)17-7-5-4-6-8-17/h3-12H,1,13-14H2,2H3,(H,25,26,28). The zero-order chi connectivity index (χ0) is 21.6. The molecule has 2 heterocycles. The van der Waals surface area contributed by atoms with Crippen LogP contribution in [0.1, 0.15) is 11.3 Å². The zero-order valence-electron chi connectivity index (χ0n) is 16.9. The molecule has 0 aliphatic heterocycles. The van der Waals surface area contributed by atoms with Gasteiger partial charge in [-0.25, -0.2) is 4.98 Å². The second kappa shape index (κ2) is 10.00. The maximum Gasteiger partial charge on any atom is 0.232 e. The number of aryl methyl sites for hydroxylation is 1. The molecule has 0 unspecified atom stereocenters. The zero-order valence-corrected chi connectivity index (χ0v) is 19.3. The molecule has 0 saturated heterocycles. The highest BCUT2D eigenvalue weighted by atomic mass is 32.2. The third-order valence-corrected chi connectivity index (χ3v) is 7.50. The van der Waals surface area contributed by atoms with Gasteiger partial charge in [0.1, 0.15) is 5.01 Å². The summed E-state index contributed by atoms with van der Waals surface area (Å²) in [4.78, 5) is 18.6. The molecule has 156 valence electrons. The Balaban J connectivity index is 1.58. The first-order valence-electron chi connectivity index (χ1n) is 9.61. The summed E-state index contributed by atoms with van der Waals surface area (Å²) in [5, 5.41) is 12.4. The summed E-state index contributed by atoms with van der Waals surface area (Å²) in [5.41, 5.74) is 4.06. The van der Waals surface area contributed by atoms with E-state index in [9.17, 15) is 4.79 Å². The van der Waals surface area contributed by atoms with E-state index in [1.54, 1.807) is 11.3 Å². The molecular weight excluding hydrogens is 444 g/mol. The SMILES string of the molecule is C=CCSc1nnc(NC(=O)Cc2nc(-c3ccccc3)sc2-c2ccc(C)cc2)s1. The molecule has 2 aromatic carbocycles. The van der Waals surface area contributed by atoms with Crippen LogP contribution in [0.5, 0.6) is 0 Å². The van der Waals surface area contributed by atoms with E-state index in [-0.39, 0.29) is 12.3 Å². The van der Waals surface area contributed by atoms with Gasteiger partial charge in [0, 0.05) is 11.3 Å². The van der Waals surface area contributed by atoms with E-state index in [1.165, 1.54) is 28.7 Å². The predicted molar refractivity (Wildman–Crippen MR) is 131 cm³/mol. The van der Waals surface area contributed by atoms with E-state index in [0.717, 1.165) is 36.8 Å². The molecule has 4 rings (SSSR count). The number of hydrogen-bond acceptors (Lipinski definition) is 7. The minimum absolute atomic E-state index is 0.158. The first-order chi connectivity index (χ1) is 15.1. The van der Waals surface area contributed by atoms with E-state index in [4.69, 9.17) is 4.98 Å². The second-order valence-electron chi connectivity index (χ2n) is 6.72. The number of nitrogens with zero attached hydrogens (tertiary/aromatic N) is 3. The summed E-state index contributed by atoms with van der Waals surface area (Å²) < 4.78 is 0.801. The quantitative estimate of drug-likeness (QED) is 0.194. The Morgan fingerprint density at radius 2 is 1.84 bits per heavy atom. The molecule has 0 aliphatic rings. The minimum Gasteiger partial charge on any atom is -0.300 e. The summed E-state index contributed by atoms with van der Waals surface area (Å²) >= 11 is 4.50. The van der Waals surface area contributed by atoms with E-state index in [0.29, 0.717) is 5.13 Å². The van der Waals surface area contributed by atoms with E-state index in [1.807, 2.05) is 36.4 Å². The fourth-order valence-corrected chi connectivity index (χ4v) is 5.49. The van der Waals surface area contributed by atoms with Gasteiger partial charge in [-0.3, -0.25) is 4.79 Å². The minimum atomic E-state index is -0.158. The summed E-state index contributed by atoms with van der Waals surface area (Å²) in [6.07, 6.45) is 1.98. The highest BCUT2D eigenvalue weighted by Crippen LogP contribution is 2.36. The molecule has 31 heavy (non-hydrogen) atoms. The van der Waals surface area contributed by atoms with Crippen molar-refractivity contribution in [2.45, 2.75) is 17.7 Å². The van der Waals surface area contributed by atoms with Gasteiger partial charge in [0.05, 0.1) is 17.0 Å². The summed E-state index contributed by atoms with van der Waals surface area (Å²) in [5.74, 6) is 0.596. The molecule has 0 atom stereocenters. The Morgan fingerprint density at radius 1 is 1.06 bits per heavy atom. The average molecular weight is 465 g/mol. The third-order valence-electron chi connectivity index (χ3n) is 4.34. The molecule has 0 saturated carbocycles. The highest BCUT2D eigenvalue weighted by Gasteiger charge is 2.18. The molecule has 0 spiro atoms. The van der Waals surface area contributed by atoms with Crippen LogP contribution in [0.2, 0.25) is 0 Å². The molecule has 0 radical (unpaired) electrons. The van der Waals surface area contributed by atoms with Crippen molar-refractivity contribution in [2.24, 2.45) is 0 Å². The van der Waals surface area contributed by atoms with Crippen molar-refractivity contribution >= 4 is 45.5 Å². The Morgan fingerprint density at radius 3 is 2.58 bits per heavy atom. The molecule has 0 bridgehead atoms. The van der Waals surface area contributed by atoms with Crippen molar-refractivity contribution in [1.29, 1.82) is 0 Å². The third kappa shape index (κ3) is 5.46. The smallest absolute Gasteiger partial charge is 0.232 e. The van der Waals surface area contributed by atoms with Crippen LogP contribution in [-0.4, -0.2) is 26.8 Å². The molecule has 8 heteroatoms. The van der Waals surface area contributed by atoms with Gasteiger partial charge in [-0.15, -0.1) is 28.1 Å². The molecule has 2 aromatic heterocycles. The molecule has 0 aliphatic carbocycles. The fourth-order valence-electron chi connectivity index (χ4n) is 2.87. The van der Waals surface area contributed by atoms with Crippen LogP contribution in [0.15, 0.2) is 71.6 Å². The molecule has 1 amide bonds. The number of benzene rings is 2. The van der Waals surface area contributed by atoms with E-state index >= 15 is 0 Å². The number of aromatic nitrogens is 3. The number of thiazole rings is 1. The average Bonchev–Trinajstić information content (AvgIpc) is 3.40. The van der Waals surface area contributed by atoms with Gasteiger partial charge in [-0.05, 0) is 12.5 Å². The van der Waals surface area contributed by atoms with Crippen LogP contribution in [-0.2, 0) is 11.2 Å². The molecule has 0 fully saturated rings. The van der Waals surface area contributed by atoms with Gasteiger partial charge >= 0.3 is 0 Å². The van der Waals surface area contributed by atoms with Crippen molar-refractivity contribution in [3.05, 3.63) is 78.5 Å². The lowest BCUT2D eigenvalue weighted by Crippen LogP contribution is -2.15. The Kier molecular flexibility index (Phi) is 6.91. The van der Waals surface area contributed by atoms with Crippen molar-refractivity contribution in [3.8, 4) is 21.0 Å². The number of rotatable bonds is 8. The Bertz CT molecular complexity index is 1180. The predicted octanol–water partition coefficient (Wildman–Crippen LogP) is 6.10. The Hall–Kier alpha value is -2.81. The first-order valence-corrected chi connectivity index (χ1v) is 12.2. The van der Waals surface area contributed by atoms with Gasteiger partial charge in [-0.1, -0.05) is 89.3 Å². The van der Waals surface area contributed by atoms with Crippen LogP contribution < -0.4 is 5.32 Å². The topological polar surface area (TPSA) is 67.8 Å².